The fourth-order valence-corrected chi connectivity index (χ4v) is 2.86. The van der Waals surface area contributed by atoms with E-state index >= 15 is 0 Å². The maximum Gasteiger partial charge on any atom is 0.255 e. The number of hydrogen-bond donors (Lipinski definition) is 0. The summed E-state index contributed by atoms with van der Waals surface area (Å²) >= 11 is 0. The summed E-state index contributed by atoms with van der Waals surface area (Å²) in [5.74, 6) is -0.521. The second-order valence-corrected chi connectivity index (χ2v) is 5.35. The molecular formula is C19H11NO3. The average Bonchev–Trinajstić information content (AvgIpc) is 2.60. The summed E-state index contributed by atoms with van der Waals surface area (Å²) in [7, 11) is 0. The number of carbonyl (C=O) groups excluding carboxylic acids is 2. The molecule has 0 amide bonds. The summed E-state index contributed by atoms with van der Waals surface area (Å²) in [6, 6.07) is 16.9. The van der Waals surface area contributed by atoms with Crippen molar-refractivity contribution in [2.24, 2.45) is 0 Å². The van der Waals surface area contributed by atoms with E-state index in [1.165, 1.54) is 16.8 Å². The van der Waals surface area contributed by atoms with Crippen LogP contribution in [0.15, 0.2) is 71.7 Å². The Kier molecular flexibility index (Phi) is 2.84. The van der Waals surface area contributed by atoms with E-state index in [0.717, 1.165) is 0 Å². The van der Waals surface area contributed by atoms with Gasteiger partial charge in [0, 0.05) is 34.6 Å². The number of ketones is 2. The van der Waals surface area contributed by atoms with Gasteiger partial charge in [-0.2, -0.15) is 0 Å². The SMILES string of the molecule is O=C1c2ccccc2C(=O)c2cn(-c3ccccc3)c(=O)cc21. The molecule has 0 spiro atoms. The largest absolute Gasteiger partial charge is 0.289 e. The first-order chi connectivity index (χ1) is 11.2. The van der Waals surface area contributed by atoms with Crippen molar-refractivity contribution >= 4 is 11.6 Å². The molecule has 110 valence electrons. The Balaban J connectivity index is 1.98. The van der Waals surface area contributed by atoms with Crippen LogP contribution in [-0.2, 0) is 0 Å². The molecule has 4 nitrogen and oxygen atoms in total. The second-order valence-electron chi connectivity index (χ2n) is 5.35. The molecule has 0 unspecified atom stereocenters. The summed E-state index contributed by atoms with van der Waals surface area (Å²) in [5, 5.41) is 0. The molecular weight excluding hydrogens is 290 g/mol. The van der Waals surface area contributed by atoms with Gasteiger partial charge in [-0.05, 0) is 12.1 Å². The van der Waals surface area contributed by atoms with E-state index in [-0.39, 0.29) is 28.3 Å². The number of para-hydroxylation sites is 1. The minimum atomic E-state index is -0.338. The van der Waals surface area contributed by atoms with Crippen molar-refractivity contribution in [3.05, 3.63) is 99.5 Å². The molecule has 4 rings (SSSR count). The summed E-state index contributed by atoms with van der Waals surface area (Å²) < 4.78 is 1.39. The van der Waals surface area contributed by atoms with Gasteiger partial charge in [-0.15, -0.1) is 0 Å². The molecule has 1 aromatic heterocycles. The smallest absolute Gasteiger partial charge is 0.255 e. The van der Waals surface area contributed by atoms with Gasteiger partial charge in [0.1, 0.15) is 0 Å². The Morgan fingerprint density at radius 1 is 0.609 bits per heavy atom. The number of nitrogens with zero attached hydrogens (tertiary/aromatic N) is 1. The highest BCUT2D eigenvalue weighted by atomic mass is 16.1. The quantitative estimate of drug-likeness (QED) is 0.543. The molecule has 23 heavy (non-hydrogen) atoms. The van der Waals surface area contributed by atoms with Crippen LogP contribution in [0, 0.1) is 0 Å². The standard InChI is InChI=1S/C19H11NO3/c21-17-10-15-16(11-20(17)12-6-2-1-3-7-12)19(23)14-9-5-4-8-13(14)18(15)22/h1-11H. The van der Waals surface area contributed by atoms with Crippen molar-refractivity contribution in [1.82, 2.24) is 4.57 Å². The Labute approximate surface area is 131 Å². The van der Waals surface area contributed by atoms with Gasteiger partial charge in [0.25, 0.3) is 5.56 Å². The van der Waals surface area contributed by atoms with Crippen molar-refractivity contribution in [2.45, 2.75) is 0 Å². The van der Waals surface area contributed by atoms with Crippen molar-refractivity contribution in [3.63, 3.8) is 0 Å². The third-order valence-electron chi connectivity index (χ3n) is 3.99. The number of aromatic nitrogens is 1. The van der Waals surface area contributed by atoms with E-state index in [0.29, 0.717) is 16.8 Å². The first-order valence-electron chi connectivity index (χ1n) is 7.17. The van der Waals surface area contributed by atoms with E-state index in [2.05, 4.69) is 0 Å². The zero-order valence-corrected chi connectivity index (χ0v) is 12.0. The molecule has 1 aliphatic carbocycles. The molecule has 0 aliphatic heterocycles. The van der Waals surface area contributed by atoms with Crippen LogP contribution >= 0.6 is 0 Å². The Hall–Kier alpha value is -3.27. The number of hydrogen-bond acceptors (Lipinski definition) is 3. The van der Waals surface area contributed by atoms with Crippen LogP contribution in [-0.4, -0.2) is 16.1 Å². The molecule has 1 aliphatic rings. The van der Waals surface area contributed by atoms with E-state index in [1.54, 1.807) is 36.4 Å². The summed E-state index contributed by atoms with van der Waals surface area (Å²) in [5.41, 5.74) is 1.48. The highest BCUT2D eigenvalue weighted by Gasteiger charge is 2.30. The first-order valence-corrected chi connectivity index (χ1v) is 7.17. The molecule has 0 saturated heterocycles. The minimum Gasteiger partial charge on any atom is -0.289 e. The fraction of sp³-hybridized carbons (Fsp3) is 0. The van der Waals surface area contributed by atoms with Crippen molar-refractivity contribution in [2.75, 3.05) is 0 Å². The van der Waals surface area contributed by atoms with E-state index in [4.69, 9.17) is 0 Å². The Bertz CT molecular complexity index is 1020. The molecule has 0 saturated carbocycles. The van der Waals surface area contributed by atoms with E-state index < -0.39 is 0 Å². The van der Waals surface area contributed by atoms with Crippen molar-refractivity contribution in [1.29, 1.82) is 0 Å². The molecule has 0 N–H and O–H groups in total. The van der Waals surface area contributed by atoms with E-state index in [9.17, 15) is 14.4 Å². The highest BCUT2D eigenvalue weighted by molar-refractivity contribution is 6.28. The van der Waals surface area contributed by atoms with Crippen LogP contribution in [0.4, 0.5) is 0 Å². The normalized spacial score (nSPS) is 12.7. The van der Waals surface area contributed by atoms with Gasteiger partial charge in [-0.3, -0.25) is 19.0 Å². The molecule has 0 bridgehead atoms. The second kappa shape index (κ2) is 4.88. The lowest BCUT2D eigenvalue weighted by atomic mass is 9.85. The predicted molar refractivity (Wildman–Crippen MR) is 85.3 cm³/mol. The molecule has 3 aromatic rings. The number of pyridine rings is 1. The first kappa shape index (κ1) is 13.4. The van der Waals surface area contributed by atoms with Gasteiger partial charge >= 0.3 is 0 Å². The minimum absolute atomic E-state index is 0.172. The molecule has 0 atom stereocenters. The molecule has 0 fully saturated rings. The Morgan fingerprint density at radius 2 is 1.17 bits per heavy atom. The molecule has 4 heteroatoms. The average molecular weight is 301 g/mol. The van der Waals surface area contributed by atoms with Crippen molar-refractivity contribution < 1.29 is 9.59 Å². The lowest BCUT2D eigenvalue weighted by Gasteiger charge is -2.18. The van der Waals surface area contributed by atoms with Crippen LogP contribution in [0.3, 0.4) is 0 Å². The summed E-state index contributed by atoms with van der Waals surface area (Å²) in [6.45, 7) is 0. The van der Waals surface area contributed by atoms with Crippen molar-refractivity contribution in [3.8, 4) is 5.69 Å². The maximum atomic E-state index is 12.7. The zero-order valence-electron chi connectivity index (χ0n) is 12.0. The number of carbonyl (C=O) groups is 2. The van der Waals surface area contributed by atoms with Crippen LogP contribution < -0.4 is 5.56 Å². The van der Waals surface area contributed by atoms with Gasteiger partial charge in [0.15, 0.2) is 11.6 Å². The fourth-order valence-electron chi connectivity index (χ4n) is 2.86. The number of rotatable bonds is 1. The van der Waals surface area contributed by atoms with Crippen LogP contribution in [0.25, 0.3) is 5.69 Å². The molecule has 2 aromatic carbocycles. The maximum absolute atomic E-state index is 12.7. The zero-order chi connectivity index (χ0) is 16.0. The Morgan fingerprint density at radius 3 is 1.83 bits per heavy atom. The third kappa shape index (κ3) is 1.96. The van der Waals surface area contributed by atoms with E-state index in [1.807, 2.05) is 18.2 Å². The van der Waals surface area contributed by atoms with Crippen LogP contribution in [0.1, 0.15) is 31.8 Å². The van der Waals surface area contributed by atoms with Crippen LogP contribution in [0.2, 0.25) is 0 Å². The van der Waals surface area contributed by atoms with Gasteiger partial charge in [0.05, 0.1) is 5.56 Å². The highest BCUT2D eigenvalue weighted by Crippen LogP contribution is 2.26. The number of benzene rings is 2. The van der Waals surface area contributed by atoms with Gasteiger partial charge in [0.2, 0.25) is 0 Å². The van der Waals surface area contributed by atoms with Gasteiger partial charge in [-0.25, -0.2) is 0 Å². The predicted octanol–water partition coefficient (Wildman–Crippen LogP) is 2.61. The summed E-state index contributed by atoms with van der Waals surface area (Å²) in [4.78, 5) is 37.6. The van der Waals surface area contributed by atoms with Gasteiger partial charge in [-0.1, -0.05) is 42.5 Å². The van der Waals surface area contributed by atoms with Gasteiger partial charge < -0.3 is 0 Å². The topological polar surface area (TPSA) is 56.1 Å². The van der Waals surface area contributed by atoms with Crippen LogP contribution in [0.5, 0.6) is 0 Å². The third-order valence-corrected chi connectivity index (χ3v) is 3.99. The monoisotopic (exact) mass is 301 g/mol. The lowest BCUT2D eigenvalue weighted by Crippen LogP contribution is -2.27. The molecule has 0 radical (unpaired) electrons. The molecule has 1 heterocycles. The summed E-state index contributed by atoms with van der Waals surface area (Å²) in [6.07, 6.45) is 1.46. The number of fused-ring (bicyclic) bond motifs is 2. The lowest BCUT2D eigenvalue weighted by molar-refractivity contribution is 0.0978.